The molecule has 0 radical (unpaired) electrons. The average Bonchev–Trinajstić information content (AvgIpc) is 2.38. The SMILES string of the molecule is CCc1c(Cl)ncnc1N(C)c1ccccc1C. The Labute approximate surface area is 112 Å². The molecule has 0 fully saturated rings. The number of aryl methyl sites for hydroxylation is 1. The minimum absolute atomic E-state index is 0.530. The third kappa shape index (κ3) is 2.31. The number of nitrogens with zero attached hydrogens (tertiary/aromatic N) is 3. The molecule has 18 heavy (non-hydrogen) atoms. The van der Waals surface area contributed by atoms with Gasteiger partial charge in [0.25, 0.3) is 0 Å². The van der Waals surface area contributed by atoms with E-state index in [1.54, 1.807) is 0 Å². The van der Waals surface area contributed by atoms with Crippen molar-refractivity contribution in [1.82, 2.24) is 9.97 Å². The smallest absolute Gasteiger partial charge is 0.140 e. The topological polar surface area (TPSA) is 29.0 Å². The van der Waals surface area contributed by atoms with Crippen molar-refractivity contribution in [1.29, 1.82) is 0 Å². The molecule has 94 valence electrons. The van der Waals surface area contributed by atoms with Crippen molar-refractivity contribution in [2.24, 2.45) is 0 Å². The summed E-state index contributed by atoms with van der Waals surface area (Å²) in [6.07, 6.45) is 2.32. The van der Waals surface area contributed by atoms with Crippen molar-refractivity contribution in [3.05, 3.63) is 46.9 Å². The molecule has 1 aromatic heterocycles. The zero-order valence-electron chi connectivity index (χ0n) is 10.8. The molecule has 1 heterocycles. The van der Waals surface area contributed by atoms with Gasteiger partial charge in [-0.2, -0.15) is 0 Å². The maximum Gasteiger partial charge on any atom is 0.140 e. The van der Waals surface area contributed by atoms with Crippen LogP contribution >= 0.6 is 11.6 Å². The Hall–Kier alpha value is -1.61. The van der Waals surface area contributed by atoms with Gasteiger partial charge in [0.05, 0.1) is 0 Å². The van der Waals surface area contributed by atoms with Crippen molar-refractivity contribution in [3.63, 3.8) is 0 Å². The lowest BCUT2D eigenvalue weighted by atomic mass is 10.1. The van der Waals surface area contributed by atoms with Crippen molar-refractivity contribution < 1.29 is 0 Å². The van der Waals surface area contributed by atoms with E-state index in [1.165, 1.54) is 11.9 Å². The monoisotopic (exact) mass is 261 g/mol. The predicted octanol–water partition coefficient (Wildman–Crippen LogP) is 3.77. The second-order valence-corrected chi connectivity index (χ2v) is 4.52. The fourth-order valence-electron chi connectivity index (χ4n) is 2.03. The Balaban J connectivity index is 2.50. The summed E-state index contributed by atoms with van der Waals surface area (Å²) in [6, 6.07) is 8.21. The van der Waals surface area contributed by atoms with Crippen LogP contribution in [0.5, 0.6) is 0 Å². The maximum absolute atomic E-state index is 6.12. The largest absolute Gasteiger partial charge is 0.329 e. The third-order valence-corrected chi connectivity index (χ3v) is 3.34. The molecule has 0 amide bonds. The summed E-state index contributed by atoms with van der Waals surface area (Å²) in [5.41, 5.74) is 3.31. The predicted molar refractivity (Wildman–Crippen MR) is 75.7 cm³/mol. The molecular weight excluding hydrogens is 246 g/mol. The van der Waals surface area contributed by atoms with Gasteiger partial charge in [-0.1, -0.05) is 36.7 Å². The number of anilines is 2. The third-order valence-electron chi connectivity index (χ3n) is 3.02. The van der Waals surface area contributed by atoms with Crippen LogP contribution in [-0.4, -0.2) is 17.0 Å². The van der Waals surface area contributed by atoms with Crippen LogP contribution in [0.3, 0.4) is 0 Å². The van der Waals surface area contributed by atoms with E-state index in [2.05, 4.69) is 40.8 Å². The van der Waals surface area contributed by atoms with Crippen molar-refractivity contribution >= 4 is 23.1 Å². The van der Waals surface area contributed by atoms with Crippen LogP contribution in [-0.2, 0) is 6.42 Å². The second kappa shape index (κ2) is 5.36. The van der Waals surface area contributed by atoms with Gasteiger partial charge in [0.1, 0.15) is 17.3 Å². The Bertz CT molecular complexity index is 554. The fraction of sp³-hybridized carbons (Fsp3) is 0.286. The second-order valence-electron chi connectivity index (χ2n) is 4.17. The summed E-state index contributed by atoms with van der Waals surface area (Å²) < 4.78 is 0. The van der Waals surface area contributed by atoms with Gasteiger partial charge < -0.3 is 4.90 Å². The van der Waals surface area contributed by atoms with Gasteiger partial charge in [-0.25, -0.2) is 9.97 Å². The van der Waals surface area contributed by atoms with E-state index in [9.17, 15) is 0 Å². The first-order valence-corrected chi connectivity index (χ1v) is 6.31. The number of rotatable bonds is 3. The molecule has 4 heteroatoms. The summed E-state index contributed by atoms with van der Waals surface area (Å²) in [4.78, 5) is 10.5. The van der Waals surface area contributed by atoms with Gasteiger partial charge in [-0.05, 0) is 25.0 Å². The van der Waals surface area contributed by atoms with Crippen LogP contribution in [0.4, 0.5) is 11.5 Å². The van der Waals surface area contributed by atoms with E-state index in [-0.39, 0.29) is 0 Å². The molecule has 0 aliphatic heterocycles. The van der Waals surface area contributed by atoms with Crippen LogP contribution < -0.4 is 4.90 Å². The van der Waals surface area contributed by atoms with Crippen molar-refractivity contribution in [3.8, 4) is 0 Å². The molecule has 0 spiro atoms. The number of hydrogen-bond acceptors (Lipinski definition) is 3. The highest BCUT2D eigenvalue weighted by Gasteiger charge is 2.14. The number of halogens is 1. The van der Waals surface area contributed by atoms with Gasteiger partial charge in [0.2, 0.25) is 0 Å². The van der Waals surface area contributed by atoms with Crippen molar-refractivity contribution in [2.45, 2.75) is 20.3 Å². The molecule has 0 saturated carbocycles. The highest BCUT2D eigenvalue weighted by Crippen LogP contribution is 2.30. The van der Waals surface area contributed by atoms with Gasteiger partial charge in [-0.3, -0.25) is 0 Å². The van der Waals surface area contributed by atoms with Crippen LogP contribution in [0.2, 0.25) is 5.15 Å². The van der Waals surface area contributed by atoms with E-state index in [0.717, 1.165) is 23.5 Å². The fourth-order valence-corrected chi connectivity index (χ4v) is 2.29. The molecular formula is C14H16ClN3. The molecule has 2 aromatic rings. The first kappa shape index (κ1) is 12.8. The molecule has 0 aliphatic rings. The van der Waals surface area contributed by atoms with Gasteiger partial charge in [-0.15, -0.1) is 0 Å². The molecule has 2 rings (SSSR count). The minimum atomic E-state index is 0.530. The van der Waals surface area contributed by atoms with Gasteiger partial charge in [0, 0.05) is 18.3 Å². The van der Waals surface area contributed by atoms with E-state index in [1.807, 2.05) is 19.2 Å². The lowest BCUT2D eigenvalue weighted by molar-refractivity contribution is 0.997. The van der Waals surface area contributed by atoms with E-state index >= 15 is 0 Å². The molecule has 0 atom stereocenters. The minimum Gasteiger partial charge on any atom is -0.329 e. The lowest BCUT2D eigenvalue weighted by Gasteiger charge is -2.22. The number of benzene rings is 1. The lowest BCUT2D eigenvalue weighted by Crippen LogP contribution is -2.15. The summed E-state index contributed by atoms with van der Waals surface area (Å²) in [7, 11) is 2.00. The van der Waals surface area contributed by atoms with Gasteiger partial charge >= 0.3 is 0 Å². The summed E-state index contributed by atoms with van der Waals surface area (Å²) in [5, 5.41) is 0.530. The Morgan fingerprint density at radius 2 is 1.94 bits per heavy atom. The number of hydrogen-bond donors (Lipinski definition) is 0. The zero-order chi connectivity index (χ0) is 13.1. The summed E-state index contributed by atoms with van der Waals surface area (Å²) in [6.45, 7) is 4.14. The Morgan fingerprint density at radius 1 is 1.22 bits per heavy atom. The van der Waals surface area contributed by atoms with E-state index in [4.69, 9.17) is 11.6 Å². The molecule has 1 aromatic carbocycles. The molecule has 3 nitrogen and oxygen atoms in total. The number of aromatic nitrogens is 2. The molecule has 0 aliphatic carbocycles. The highest BCUT2D eigenvalue weighted by atomic mass is 35.5. The molecule has 0 N–H and O–H groups in total. The molecule has 0 saturated heterocycles. The number of para-hydroxylation sites is 1. The van der Waals surface area contributed by atoms with E-state index < -0.39 is 0 Å². The van der Waals surface area contributed by atoms with Crippen LogP contribution in [0.25, 0.3) is 0 Å². The van der Waals surface area contributed by atoms with Crippen molar-refractivity contribution in [2.75, 3.05) is 11.9 Å². The summed E-state index contributed by atoms with van der Waals surface area (Å²) >= 11 is 6.12. The Morgan fingerprint density at radius 3 is 2.61 bits per heavy atom. The standard InChI is InChI=1S/C14H16ClN3/c1-4-11-13(15)16-9-17-14(11)18(3)12-8-6-5-7-10(12)2/h5-9H,4H2,1-3H3. The first-order chi connectivity index (χ1) is 8.65. The summed E-state index contributed by atoms with van der Waals surface area (Å²) in [5.74, 6) is 0.867. The Kier molecular flexibility index (Phi) is 3.82. The normalized spacial score (nSPS) is 10.4. The van der Waals surface area contributed by atoms with Crippen LogP contribution in [0.1, 0.15) is 18.1 Å². The van der Waals surface area contributed by atoms with E-state index in [0.29, 0.717) is 5.15 Å². The average molecular weight is 262 g/mol. The maximum atomic E-state index is 6.12. The molecule has 0 bridgehead atoms. The van der Waals surface area contributed by atoms with Crippen LogP contribution in [0.15, 0.2) is 30.6 Å². The highest BCUT2D eigenvalue weighted by molar-refractivity contribution is 6.30. The molecule has 0 unspecified atom stereocenters. The van der Waals surface area contributed by atoms with Gasteiger partial charge in [0.15, 0.2) is 0 Å². The zero-order valence-corrected chi connectivity index (χ0v) is 11.6. The first-order valence-electron chi connectivity index (χ1n) is 5.94. The quantitative estimate of drug-likeness (QED) is 0.788. The van der Waals surface area contributed by atoms with Crippen LogP contribution in [0, 0.1) is 6.92 Å².